The third-order valence-electron chi connectivity index (χ3n) is 4.64. The molecule has 5 rings (SSSR count). The van der Waals surface area contributed by atoms with Crippen molar-refractivity contribution >= 4 is 16.6 Å². The van der Waals surface area contributed by atoms with E-state index in [-0.39, 0.29) is 12.6 Å². The number of hydrogen-bond acceptors (Lipinski definition) is 6. The van der Waals surface area contributed by atoms with Gasteiger partial charge in [0.1, 0.15) is 5.69 Å². The Hall–Kier alpha value is -3.28. The maximum Gasteiger partial charge on any atom is 0.231 e. The Morgan fingerprint density at radius 3 is 2.76 bits per heavy atom. The van der Waals surface area contributed by atoms with Gasteiger partial charge < -0.3 is 18.9 Å². The smallest absolute Gasteiger partial charge is 0.231 e. The summed E-state index contributed by atoms with van der Waals surface area (Å²) in [5, 5.41) is 1.61. The Labute approximate surface area is 142 Å². The van der Waals surface area contributed by atoms with Crippen molar-refractivity contribution in [2.45, 2.75) is 0 Å². The van der Waals surface area contributed by atoms with Crippen molar-refractivity contribution in [1.29, 1.82) is 0 Å². The average molecular weight is 335 g/mol. The molecule has 6 nitrogen and oxygen atoms in total. The first kappa shape index (κ1) is 14.1. The summed E-state index contributed by atoms with van der Waals surface area (Å²) in [5.74, 6) is 2.14. The van der Waals surface area contributed by atoms with Crippen LogP contribution in [-0.2, 0) is 0 Å². The summed E-state index contributed by atoms with van der Waals surface area (Å²) in [6, 6.07) is 7.19. The largest absolute Gasteiger partial charge is 0.493 e. The number of carbonyl (C=O) groups is 1. The van der Waals surface area contributed by atoms with Crippen LogP contribution in [0.1, 0.15) is 16.1 Å². The molecule has 1 aliphatic heterocycles. The number of methoxy groups -OCH3 is 2. The van der Waals surface area contributed by atoms with Crippen LogP contribution in [0.3, 0.4) is 0 Å². The lowest BCUT2D eigenvalue weighted by Crippen LogP contribution is -2.13. The molecule has 0 N–H and O–H groups in total. The molecule has 6 heteroatoms. The predicted molar refractivity (Wildman–Crippen MR) is 89.8 cm³/mol. The van der Waals surface area contributed by atoms with Crippen LogP contribution in [0.4, 0.5) is 0 Å². The Morgan fingerprint density at radius 2 is 1.96 bits per heavy atom. The van der Waals surface area contributed by atoms with Gasteiger partial charge in [0.15, 0.2) is 23.0 Å². The number of rotatable bonds is 2. The lowest BCUT2D eigenvalue weighted by molar-refractivity contribution is 0.103. The van der Waals surface area contributed by atoms with E-state index in [1.165, 1.54) is 0 Å². The van der Waals surface area contributed by atoms with Crippen LogP contribution >= 0.6 is 0 Å². The van der Waals surface area contributed by atoms with Crippen LogP contribution in [0.2, 0.25) is 0 Å². The van der Waals surface area contributed by atoms with Crippen LogP contribution in [0.25, 0.3) is 21.9 Å². The maximum atomic E-state index is 13.0. The molecule has 1 aromatic heterocycles. The van der Waals surface area contributed by atoms with Crippen LogP contribution < -0.4 is 18.9 Å². The lowest BCUT2D eigenvalue weighted by atomic mass is 9.84. The molecule has 0 amide bonds. The summed E-state index contributed by atoms with van der Waals surface area (Å²) >= 11 is 0. The van der Waals surface area contributed by atoms with Crippen LogP contribution in [0.15, 0.2) is 30.5 Å². The molecule has 2 aromatic carbocycles. The van der Waals surface area contributed by atoms with Gasteiger partial charge in [0.05, 0.1) is 14.2 Å². The first-order valence-electron chi connectivity index (χ1n) is 7.76. The van der Waals surface area contributed by atoms with E-state index < -0.39 is 0 Å². The molecule has 0 fully saturated rings. The standard InChI is InChI=1S/C19H13NO5/c1-22-11-4-3-10-14(18(11)23-2)15-13-9(5-6-20-16(13)17(10)21)7-12-19(15)25-8-24-12/h3-7H,8H2,1-2H3. The number of pyridine rings is 1. The van der Waals surface area contributed by atoms with Crippen molar-refractivity contribution in [2.24, 2.45) is 0 Å². The zero-order chi connectivity index (χ0) is 17.1. The Bertz CT molecular complexity index is 1070. The summed E-state index contributed by atoms with van der Waals surface area (Å²) in [6.45, 7) is 0.136. The fraction of sp³-hybridized carbons (Fsp3) is 0.158. The van der Waals surface area contributed by atoms with Crippen LogP contribution in [0, 0.1) is 0 Å². The molecule has 0 saturated heterocycles. The number of hydrogen-bond donors (Lipinski definition) is 0. The highest BCUT2D eigenvalue weighted by Gasteiger charge is 2.35. The van der Waals surface area contributed by atoms with Crippen LogP contribution in [0.5, 0.6) is 23.0 Å². The van der Waals surface area contributed by atoms with E-state index in [1.807, 2.05) is 12.1 Å². The van der Waals surface area contributed by atoms with Gasteiger partial charge in [0.2, 0.25) is 12.6 Å². The first-order chi connectivity index (χ1) is 12.2. The van der Waals surface area contributed by atoms with Crippen molar-refractivity contribution in [3.8, 4) is 34.1 Å². The van der Waals surface area contributed by atoms with Crippen LogP contribution in [-0.4, -0.2) is 31.8 Å². The number of nitrogens with zero attached hydrogens (tertiary/aromatic N) is 1. The molecule has 0 unspecified atom stereocenters. The molecule has 3 aromatic rings. The number of carbonyl (C=O) groups excluding carboxylic acids is 1. The molecule has 0 spiro atoms. The SMILES string of the molecule is COc1ccc2c(c1OC)-c1c3c(cc4ccnc(c14)C2=O)OCO3. The summed E-state index contributed by atoms with van der Waals surface area (Å²) in [5.41, 5.74) is 2.33. The third-order valence-corrected chi connectivity index (χ3v) is 4.64. The highest BCUT2D eigenvalue weighted by molar-refractivity contribution is 6.27. The monoisotopic (exact) mass is 335 g/mol. The van der Waals surface area contributed by atoms with E-state index in [9.17, 15) is 4.79 Å². The number of fused-ring (bicyclic) bond motifs is 4. The molecule has 2 heterocycles. The molecule has 0 saturated carbocycles. The van der Waals surface area contributed by atoms with E-state index in [1.54, 1.807) is 32.5 Å². The lowest BCUT2D eigenvalue weighted by Gasteiger charge is -2.23. The summed E-state index contributed by atoms with van der Waals surface area (Å²) in [4.78, 5) is 17.4. The summed E-state index contributed by atoms with van der Waals surface area (Å²) in [6.07, 6.45) is 1.63. The van der Waals surface area contributed by atoms with Gasteiger partial charge in [-0.2, -0.15) is 0 Å². The van der Waals surface area contributed by atoms with E-state index in [0.717, 1.165) is 16.3 Å². The fourth-order valence-corrected chi connectivity index (χ4v) is 3.61. The normalized spacial score (nSPS) is 13.8. The van der Waals surface area contributed by atoms with E-state index >= 15 is 0 Å². The molecule has 1 aliphatic carbocycles. The minimum atomic E-state index is -0.145. The number of aromatic nitrogens is 1. The highest BCUT2D eigenvalue weighted by atomic mass is 16.7. The zero-order valence-electron chi connectivity index (χ0n) is 13.6. The van der Waals surface area contributed by atoms with Gasteiger partial charge in [-0.05, 0) is 29.7 Å². The van der Waals surface area contributed by atoms with Gasteiger partial charge in [-0.25, -0.2) is 0 Å². The predicted octanol–water partition coefficient (Wildman–Crippen LogP) is 3.19. The minimum absolute atomic E-state index is 0.136. The molecule has 0 radical (unpaired) electrons. The van der Waals surface area contributed by atoms with Crippen molar-refractivity contribution < 1.29 is 23.7 Å². The molecule has 0 atom stereocenters. The zero-order valence-corrected chi connectivity index (χ0v) is 13.6. The quantitative estimate of drug-likeness (QED) is 0.560. The van der Waals surface area contributed by atoms with Gasteiger partial charge in [-0.15, -0.1) is 0 Å². The molecule has 25 heavy (non-hydrogen) atoms. The van der Waals surface area contributed by atoms with E-state index in [4.69, 9.17) is 18.9 Å². The number of ketones is 1. The second-order valence-corrected chi connectivity index (χ2v) is 5.80. The Morgan fingerprint density at radius 1 is 1.08 bits per heavy atom. The summed E-state index contributed by atoms with van der Waals surface area (Å²) in [7, 11) is 3.12. The first-order valence-corrected chi connectivity index (χ1v) is 7.76. The number of ether oxygens (including phenoxy) is 4. The van der Waals surface area contributed by atoms with E-state index in [2.05, 4.69) is 4.98 Å². The average Bonchev–Trinajstić information content (AvgIpc) is 3.11. The Balaban J connectivity index is 2.03. The van der Waals surface area contributed by atoms with Crippen molar-refractivity contribution in [1.82, 2.24) is 4.98 Å². The fourth-order valence-electron chi connectivity index (χ4n) is 3.61. The van der Waals surface area contributed by atoms with Crippen molar-refractivity contribution in [3.63, 3.8) is 0 Å². The van der Waals surface area contributed by atoms with Crippen molar-refractivity contribution in [2.75, 3.05) is 21.0 Å². The van der Waals surface area contributed by atoms with Crippen molar-refractivity contribution in [3.05, 3.63) is 41.7 Å². The van der Waals surface area contributed by atoms with E-state index in [0.29, 0.717) is 39.8 Å². The molecular weight excluding hydrogens is 322 g/mol. The maximum absolute atomic E-state index is 13.0. The van der Waals surface area contributed by atoms with Gasteiger partial charge in [-0.3, -0.25) is 9.78 Å². The molecular formula is C19H13NO5. The number of benzene rings is 2. The molecule has 124 valence electrons. The topological polar surface area (TPSA) is 66.9 Å². The van der Waals surface area contributed by atoms with Gasteiger partial charge >= 0.3 is 0 Å². The van der Waals surface area contributed by atoms with Gasteiger partial charge in [0, 0.05) is 28.3 Å². The second kappa shape index (κ2) is 4.86. The highest BCUT2D eigenvalue weighted by Crippen LogP contribution is 2.54. The van der Waals surface area contributed by atoms with Gasteiger partial charge in [0.25, 0.3) is 0 Å². The molecule has 2 aliphatic rings. The molecule has 0 bridgehead atoms. The van der Waals surface area contributed by atoms with Gasteiger partial charge in [-0.1, -0.05) is 0 Å². The Kier molecular flexibility index (Phi) is 2.74. The second-order valence-electron chi connectivity index (χ2n) is 5.80. The third kappa shape index (κ3) is 1.68. The summed E-state index contributed by atoms with van der Waals surface area (Å²) < 4.78 is 22.3. The minimum Gasteiger partial charge on any atom is -0.493 e.